The molecular formula is C6H11Cl3Si. The summed E-state index contributed by atoms with van der Waals surface area (Å²) < 4.78 is 0. The van der Waals surface area contributed by atoms with E-state index >= 15 is 0 Å². The summed E-state index contributed by atoms with van der Waals surface area (Å²) in [6.07, 6.45) is 3.66. The molecule has 0 amide bonds. The molecule has 1 unspecified atom stereocenters. The van der Waals surface area contributed by atoms with E-state index in [0.717, 1.165) is 12.8 Å². The predicted molar refractivity (Wildman–Crippen MR) is 52.8 cm³/mol. The van der Waals surface area contributed by atoms with Crippen molar-refractivity contribution in [3.05, 3.63) is 12.7 Å². The van der Waals surface area contributed by atoms with E-state index < -0.39 is 7.42 Å². The molecule has 0 radical (unpaired) electrons. The maximum atomic E-state index is 5.80. The molecule has 0 aliphatic heterocycles. The minimum absolute atomic E-state index is 0.401. The first-order valence-electron chi connectivity index (χ1n) is 3.17. The van der Waals surface area contributed by atoms with Crippen molar-refractivity contribution in [2.45, 2.75) is 18.4 Å². The van der Waals surface area contributed by atoms with Crippen molar-refractivity contribution in [3.8, 4) is 0 Å². The Morgan fingerprint density at radius 3 is 2.40 bits per heavy atom. The van der Waals surface area contributed by atoms with Crippen LogP contribution in [0.5, 0.6) is 0 Å². The van der Waals surface area contributed by atoms with Gasteiger partial charge in [-0.25, -0.2) is 0 Å². The van der Waals surface area contributed by atoms with E-state index in [1.807, 2.05) is 6.08 Å². The minimum atomic E-state index is -1.53. The molecule has 0 heterocycles. The van der Waals surface area contributed by atoms with Gasteiger partial charge in [-0.05, 0) is 18.4 Å². The van der Waals surface area contributed by atoms with Gasteiger partial charge in [0, 0.05) is 5.88 Å². The first-order chi connectivity index (χ1) is 4.72. The van der Waals surface area contributed by atoms with Crippen molar-refractivity contribution < 1.29 is 0 Å². The van der Waals surface area contributed by atoms with Gasteiger partial charge in [0.1, 0.15) is 0 Å². The van der Waals surface area contributed by atoms with Crippen molar-refractivity contribution in [1.82, 2.24) is 0 Å². The maximum absolute atomic E-state index is 5.80. The van der Waals surface area contributed by atoms with E-state index in [-0.39, 0.29) is 0 Å². The highest BCUT2D eigenvalue weighted by molar-refractivity contribution is 7.34. The highest BCUT2D eigenvalue weighted by Gasteiger charge is 2.16. The molecule has 1 atom stereocenters. The van der Waals surface area contributed by atoms with E-state index in [1.54, 1.807) is 0 Å². The normalized spacial score (nSPS) is 13.6. The van der Waals surface area contributed by atoms with Gasteiger partial charge in [0.2, 0.25) is 7.42 Å². The lowest BCUT2D eigenvalue weighted by atomic mass is 10.2. The lowest BCUT2D eigenvalue weighted by Crippen LogP contribution is -2.06. The molecule has 0 saturated carbocycles. The van der Waals surface area contributed by atoms with Crippen LogP contribution in [0.25, 0.3) is 0 Å². The van der Waals surface area contributed by atoms with Crippen LogP contribution < -0.4 is 0 Å². The van der Waals surface area contributed by atoms with Crippen molar-refractivity contribution in [1.29, 1.82) is 0 Å². The smallest absolute Gasteiger partial charge is 0.150 e. The number of rotatable bonds is 5. The van der Waals surface area contributed by atoms with Crippen molar-refractivity contribution in [2.75, 3.05) is 5.88 Å². The van der Waals surface area contributed by atoms with Crippen LogP contribution in [0.4, 0.5) is 0 Å². The largest absolute Gasteiger partial charge is 0.240 e. The molecule has 0 aromatic heterocycles. The Bertz CT molecular complexity index is 95.0. The van der Waals surface area contributed by atoms with Crippen molar-refractivity contribution in [3.63, 3.8) is 0 Å². The molecule has 0 aromatic carbocycles. The Balaban J connectivity index is 3.60. The van der Waals surface area contributed by atoms with Gasteiger partial charge in [-0.3, -0.25) is 0 Å². The van der Waals surface area contributed by atoms with Crippen LogP contribution >= 0.6 is 33.8 Å². The third kappa shape index (κ3) is 4.61. The van der Waals surface area contributed by atoms with Crippen LogP contribution in [-0.4, -0.2) is 13.3 Å². The van der Waals surface area contributed by atoms with E-state index in [9.17, 15) is 0 Å². The summed E-state index contributed by atoms with van der Waals surface area (Å²) in [5.74, 6) is 0.640. The van der Waals surface area contributed by atoms with Gasteiger partial charge in [0.05, 0.1) is 0 Å². The summed E-state index contributed by atoms with van der Waals surface area (Å²) in [6.45, 7) is 3.63. The zero-order valence-electron chi connectivity index (χ0n) is 5.69. The zero-order chi connectivity index (χ0) is 7.98. The van der Waals surface area contributed by atoms with Gasteiger partial charge in [0.25, 0.3) is 0 Å². The molecule has 60 valence electrons. The monoisotopic (exact) mass is 216 g/mol. The molecule has 0 fully saturated rings. The summed E-state index contributed by atoms with van der Waals surface area (Å²) in [5, 5.41) is 0. The summed E-state index contributed by atoms with van der Waals surface area (Å²) in [5.41, 5.74) is 0.401. The Labute approximate surface area is 78.2 Å². The number of alkyl halides is 1. The Kier molecular flexibility index (Phi) is 7.07. The lowest BCUT2D eigenvalue weighted by molar-refractivity contribution is 0.810. The Morgan fingerprint density at radius 1 is 1.50 bits per heavy atom. The number of allylic oxidation sites excluding steroid dienone is 1. The molecule has 0 saturated heterocycles. The highest BCUT2D eigenvalue weighted by atomic mass is 35.7. The molecule has 0 bridgehead atoms. The third-order valence-corrected chi connectivity index (χ3v) is 4.98. The number of hydrogen-bond donors (Lipinski definition) is 0. The van der Waals surface area contributed by atoms with E-state index in [4.69, 9.17) is 33.8 Å². The van der Waals surface area contributed by atoms with Gasteiger partial charge in [-0.2, -0.15) is 22.2 Å². The quantitative estimate of drug-likeness (QED) is 0.287. The molecule has 0 N–H and O–H groups in total. The molecular weight excluding hydrogens is 207 g/mol. The molecule has 0 nitrogen and oxygen atoms in total. The minimum Gasteiger partial charge on any atom is -0.150 e. The second-order valence-electron chi connectivity index (χ2n) is 2.10. The van der Waals surface area contributed by atoms with Gasteiger partial charge >= 0.3 is 0 Å². The summed E-state index contributed by atoms with van der Waals surface area (Å²) in [4.78, 5) is 0. The molecule has 0 aromatic rings. The maximum Gasteiger partial charge on any atom is 0.240 e. The second kappa shape index (κ2) is 6.53. The first kappa shape index (κ1) is 10.8. The summed E-state index contributed by atoms with van der Waals surface area (Å²) >= 11 is 17.1. The zero-order valence-corrected chi connectivity index (χ0v) is 9.12. The third-order valence-electron chi connectivity index (χ3n) is 1.31. The fourth-order valence-corrected chi connectivity index (χ4v) is 3.38. The fourth-order valence-electron chi connectivity index (χ4n) is 0.701. The van der Waals surface area contributed by atoms with Gasteiger partial charge in [-0.1, -0.05) is 6.08 Å². The standard InChI is InChI=1S/C6H11Cl3Si/c1-2-3-6(4-5-7)10(8)9/h2,6,10H,1,3-5H2. The average Bonchev–Trinajstić information content (AvgIpc) is 1.87. The highest BCUT2D eigenvalue weighted by Crippen LogP contribution is 2.25. The van der Waals surface area contributed by atoms with Crippen LogP contribution in [0.2, 0.25) is 5.54 Å². The molecule has 0 rings (SSSR count). The molecule has 4 heteroatoms. The predicted octanol–water partition coefficient (Wildman–Crippen LogP) is 3.26. The molecule has 0 aliphatic carbocycles. The van der Waals surface area contributed by atoms with E-state index in [0.29, 0.717) is 11.4 Å². The average molecular weight is 218 g/mol. The Morgan fingerprint density at radius 2 is 2.10 bits per heavy atom. The SMILES string of the molecule is C=CCC(CCCl)[SiH](Cl)Cl. The van der Waals surface area contributed by atoms with Crippen LogP contribution in [0.1, 0.15) is 12.8 Å². The topological polar surface area (TPSA) is 0 Å². The van der Waals surface area contributed by atoms with Crippen LogP contribution in [0, 0.1) is 0 Å². The second-order valence-corrected chi connectivity index (χ2v) is 7.58. The van der Waals surface area contributed by atoms with Gasteiger partial charge < -0.3 is 0 Å². The lowest BCUT2D eigenvalue weighted by Gasteiger charge is -2.11. The van der Waals surface area contributed by atoms with Crippen molar-refractivity contribution >= 4 is 41.2 Å². The van der Waals surface area contributed by atoms with Crippen LogP contribution in [0.15, 0.2) is 12.7 Å². The van der Waals surface area contributed by atoms with E-state index in [1.165, 1.54) is 0 Å². The van der Waals surface area contributed by atoms with E-state index in [2.05, 4.69) is 6.58 Å². The fraction of sp³-hybridized carbons (Fsp3) is 0.667. The van der Waals surface area contributed by atoms with Crippen molar-refractivity contribution in [2.24, 2.45) is 0 Å². The Hall–Kier alpha value is 0.827. The summed E-state index contributed by atoms with van der Waals surface area (Å²) in [6, 6.07) is 0. The number of hydrogen-bond acceptors (Lipinski definition) is 0. The van der Waals surface area contributed by atoms with Gasteiger partial charge in [-0.15, -0.1) is 18.2 Å². The summed E-state index contributed by atoms with van der Waals surface area (Å²) in [7, 11) is -1.53. The first-order valence-corrected chi connectivity index (χ1v) is 7.86. The number of halogens is 3. The van der Waals surface area contributed by atoms with Crippen LogP contribution in [0.3, 0.4) is 0 Å². The molecule has 0 spiro atoms. The molecule has 10 heavy (non-hydrogen) atoms. The van der Waals surface area contributed by atoms with Crippen LogP contribution in [-0.2, 0) is 0 Å². The molecule has 0 aliphatic rings. The van der Waals surface area contributed by atoms with Gasteiger partial charge in [0.15, 0.2) is 0 Å².